The van der Waals surface area contributed by atoms with Gasteiger partial charge in [0.1, 0.15) is 17.4 Å². The fourth-order valence-corrected chi connectivity index (χ4v) is 1.01. The number of para-hydroxylation sites is 1. The fraction of sp³-hybridized carbons (Fsp3) is 0.300. The molecule has 1 aromatic rings. The number of rotatable bonds is 4. The SMILES string of the molecule is CC(CN)Oc1ccccc1C(=O)O. The Labute approximate surface area is 82.3 Å². The molecule has 0 fully saturated rings. The Kier molecular flexibility index (Phi) is 3.48. The van der Waals surface area contributed by atoms with Crippen molar-refractivity contribution >= 4 is 5.97 Å². The third-order valence-corrected chi connectivity index (χ3v) is 1.78. The molecule has 4 nitrogen and oxygen atoms in total. The molecule has 1 unspecified atom stereocenters. The largest absolute Gasteiger partial charge is 0.488 e. The molecule has 1 rings (SSSR count). The Bertz CT molecular complexity index is 325. The van der Waals surface area contributed by atoms with Gasteiger partial charge in [-0.2, -0.15) is 0 Å². The normalized spacial score (nSPS) is 12.1. The van der Waals surface area contributed by atoms with E-state index in [4.69, 9.17) is 15.6 Å². The molecule has 0 aliphatic heterocycles. The monoisotopic (exact) mass is 195 g/mol. The van der Waals surface area contributed by atoms with E-state index < -0.39 is 5.97 Å². The van der Waals surface area contributed by atoms with E-state index in [9.17, 15) is 4.79 Å². The topological polar surface area (TPSA) is 72.5 Å². The molecule has 0 aliphatic rings. The van der Waals surface area contributed by atoms with Crippen LogP contribution in [0.2, 0.25) is 0 Å². The summed E-state index contributed by atoms with van der Waals surface area (Å²) in [6.07, 6.45) is -0.185. The highest BCUT2D eigenvalue weighted by molar-refractivity contribution is 5.90. The number of carbonyl (C=O) groups is 1. The van der Waals surface area contributed by atoms with Crippen molar-refractivity contribution in [3.8, 4) is 5.75 Å². The highest BCUT2D eigenvalue weighted by atomic mass is 16.5. The first kappa shape index (κ1) is 10.5. The van der Waals surface area contributed by atoms with Gasteiger partial charge in [-0.25, -0.2) is 4.79 Å². The van der Waals surface area contributed by atoms with E-state index in [1.165, 1.54) is 6.07 Å². The average molecular weight is 195 g/mol. The summed E-state index contributed by atoms with van der Waals surface area (Å²) >= 11 is 0. The van der Waals surface area contributed by atoms with Gasteiger partial charge < -0.3 is 15.6 Å². The summed E-state index contributed by atoms with van der Waals surface area (Å²) in [6, 6.07) is 6.50. The zero-order valence-corrected chi connectivity index (χ0v) is 7.93. The molecule has 0 heterocycles. The van der Waals surface area contributed by atoms with Gasteiger partial charge in [0, 0.05) is 6.54 Å². The van der Waals surface area contributed by atoms with Gasteiger partial charge >= 0.3 is 5.97 Å². The van der Waals surface area contributed by atoms with E-state index in [-0.39, 0.29) is 11.7 Å². The number of carboxylic acid groups (broad SMARTS) is 1. The van der Waals surface area contributed by atoms with Crippen LogP contribution in [-0.4, -0.2) is 23.7 Å². The van der Waals surface area contributed by atoms with Crippen molar-refractivity contribution in [2.24, 2.45) is 5.73 Å². The second-order valence-electron chi connectivity index (χ2n) is 2.97. The van der Waals surface area contributed by atoms with Crippen LogP contribution in [0.4, 0.5) is 0 Å². The van der Waals surface area contributed by atoms with E-state index in [0.717, 1.165) is 0 Å². The molecule has 0 saturated heterocycles. The van der Waals surface area contributed by atoms with Crippen molar-refractivity contribution in [1.29, 1.82) is 0 Å². The maximum atomic E-state index is 10.8. The van der Waals surface area contributed by atoms with Gasteiger partial charge in [0.25, 0.3) is 0 Å². The minimum Gasteiger partial charge on any atom is -0.488 e. The summed E-state index contributed by atoms with van der Waals surface area (Å²) < 4.78 is 5.35. The van der Waals surface area contributed by atoms with Crippen molar-refractivity contribution in [3.05, 3.63) is 29.8 Å². The minimum absolute atomic E-state index is 0.160. The number of nitrogens with two attached hydrogens (primary N) is 1. The first-order valence-electron chi connectivity index (χ1n) is 4.34. The summed E-state index contributed by atoms with van der Waals surface area (Å²) in [5.41, 5.74) is 5.53. The zero-order valence-electron chi connectivity index (χ0n) is 7.93. The molecule has 3 N–H and O–H groups in total. The van der Waals surface area contributed by atoms with Crippen molar-refractivity contribution < 1.29 is 14.6 Å². The summed E-state index contributed by atoms with van der Waals surface area (Å²) in [7, 11) is 0. The lowest BCUT2D eigenvalue weighted by Crippen LogP contribution is -2.23. The van der Waals surface area contributed by atoms with Gasteiger partial charge in [-0.15, -0.1) is 0 Å². The number of hydrogen-bond acceptors (Lipinski definition) is 3. The lowest BCUT2D eigenvalue weighted by Gasteiger charge is -2.13. The summed E-state index contributed by atoms with van der Waals surface area (Å²) in [6.45, 7) is 2.15. The highest BCUT2D eigenvalue weighted by Gasteiger charge is 2.11. The molecule has 1 aromatic carbocycles. The number of ether oxygens (including phenoxy) is 1. The van der Waals surface area contributed by atoms with Crippen LogP contribution >= 0.6 is 0 Å². The number of hydrogen-bond donors (Lipinski definition) is 2. The lowest BCUT2D eigenvalue weighted by molar-refractivity contribution is 0.0690. The molecule has 0 radical (unpaired) electrons. The van der Waals surface area contributed by atoms with Gasteiger partial charge in [-0.1, -0.05) is 12.1 Å². The van der Waals surface area contributed by atoms with Crippen LogP contribution < -0.4 is 10.5 Å². The molecule has 76 valence electrons. The lowest BCUT2D eigenvalue weighted by atomic mass is 10.2. The molecule has 0 spiro atoms. The molecule has 0 aliphatic carbocycles. The van der Waals surface area contributed by atoms with E-state index in [1.54, 1.807) is 25.1 Å². The number of carboxylic acids is 1. The Morgan fingerprint density at radius 3 is 2.79 bits per heavy atom. The van der Waals surface area contributed by atoms with Crippen LogP contribution in [0.3, 0.4) is 0 Å². The smallest absolute Gasteiger partial charge is 0.339 e. The molecule has 0 aromatic heterocycles. The van der Waals surface area contributed by atoms with Crippen LogP contribution in [0.1, 0.15) is 17.3 Å². The standard InChI is InChI=1S/C10H13NO3/c1-7(6-11)14-9-5-3-2-4-8(9)10(12)13/h2-5,7H,6,11H2,1H3,(H,12,13). The van der Waals surface area contributed by atoms with Crippen LogP contribution in [0.25, 0.3) is 0 Å². The summed E-state index contributed by atoms with van der Waals surface area (Å²) in [4.78, 5) is 10.8. The van der Waals surface area contributed by atoms with E-state index in [2.05, 4.69) is 0 Å². The van der Waals surface area contributed by atoms with Crippen LogP contribution in [0.5, 0.6) is 5.75 Å². The quantitative estimate of drug-likeness (QED) is 0.754. The first-order valence-corrected chi connectivity index (χ1v) is 4.34. The van der Waals surface area contributed by atoms with Crippen molar-refractivity contribution in [1.82, 2.24) is 0 Å². The molecular weight excluding hydrogens is 182 g/mol. The number of benzene rings is 1. The molecule has 0 amide bonds. The third-order valence-electron chi connectivity index (χ3n) is 1.78. The minimum atomic E-state index is -0.996. The average Bonchev–Trinajstić information content (AvgIpc) is 2.18. The van der Waals surface area contributed by atoms with Gasteiger partial charge in [0.15, 0.2) is 0 Å². The highest BCUT2D eigenvalue weighted by Crippen LogP contribution is 2.18. The molecule has 1 atom stereocenters. The predicted molar refractivity (Wildman–Crippen MR) is 52.5 cm³/mol. The van der Waals surface area contributed by atoms with Crippen molar-refractivity contribution in [3.63, 3.8) is 0 Å². The second-order valence-corrected chi connectivity index (χ2v) is 2.97. The van der Waals surface area contributed by atoms with Crippen molar-refractivity contribution in [2.75, 3.05) is 6.54 Å². The van der Waals surface area contributed by atoms with E-state index >= 15 is 0 Å². The van der Waals surface area contributed by atoms with Gasteiger partial charge in [0.05, 0.1) is 0 Å². The Morgan fingerprint density at radius 2 is 2.21 bits per heavy atom. The summed E-state index contributed by atoms with van der Waals surface area (Å²) in [5, 5.41) is 8.84. The molecular formula is C10H13NO3. The molecule has 4 heteroatoms. The second kappa shape index (κ2) is 4.62. The molecule has 14 heavy (non-hydrogen) atoms. The maximum absolute atomic E-state index is 10.8. The van der Waals surface area contributed by atoms with Crippen LogP contribution in [0, 0.1) is 0 Å². The van der Waals surface area contributed by atoms with Crippen LogP contribution in [-0.2, 0) is 0 Å². The zero-order chi connectivity index (χ0) is 10.6. The Morgan fingerprint density at radius 1 is 1.57 bits per heavy atom. The Balaban J connectivity index is 2.90. The van der Waals surface area contributed by atoms with Crippen molar-refractivity contribution in [2.45, 2.75) is 13.0 Å². The third kappa shape index (κ3) is 2.47. The summed E-state index contributed by atoms with van der Waals surface area (Å²) in [5.74, 6) is -0.636. The molecule has 0 saturated carbocycles. The first-order chi connectivity index (χ1) is 6.65. The fourth-order valence-electron chi connectivity index (χ4n) is 1.01. The van der Waals surface area contributed by atoms with Crippen LogP contribution in [0.15, 0.2) is 24.3 Å². The number of aromatic carboxylic acids is 1. The van der Waals surface area contributed by atoms with Gasteiger partial charge in [0.2, 0.25) is 0 Å². The van der Waals surface area contributed by atoms with Gasteiger partial charge in [-0.05, 0) is 19.1 Å². The Hall–Kier alpha value is -1.55. The molecule has 0 bridgehead atoms. The van der Waals surface area contributed by atoms with E-state index in [1.807, 2.05) is 0 Å². The predicted octanol–water partition coefficient (Wildman–Crippen LogP) is 1.11. The maximum Gasteiger partial charge on any atom is 0.339 e. The van der Waals surface area contributed by atoms with Gasteiger partial charge in [-0.3, -0.25) is 0 Å². The van der Waals surface area contributed by atoms with E-state index in [0.29, 0.717) is 12.3 Å².